The van der Waals surface area contributed by atoms with Crippen LogP contribution in [-0.4, -0.2) is 11.5 Å². The molecular weight excluding hydrogens is 265 g/mol. The minimum absolute atomic E-state index is 0.152. The summed E-state index contributed by atoms with van der Waals surface area (Å²) in [5, 5.41) is 2.71. The molecule has 1 heterocycles. The molecular formula is C12H16ClF3N2. The Bertz CT molecular complexity index is 380. The predicted molar refractivity (Wildman–Crippen MR) is 66.9 cm³/mol. The zero-order valence-corrected chi connectivity index (χ0v) is 10.9. The van der Waals surface area contributed by atoms with E-state index >= 15 is 0 Å². The number of aromatic nitrogens is 1. The van der Waals surface area contributed by atoms with Gasteiger partial charge in [-0.1, -0.05) is 37.8 Å². The third-order valence-electron chi connectivity index (χ3n) is 2.46. The van der Waals surface area contributed by atoms with Crippen LogP contribution in [0.25, 0.3) is 0 Å². The van der Waals surface area contributed by atoms with E-state index in [0.29, 0.717) is 6.54 Å². The Morgan fingerprint density at radius 2 is 1.94 bits per heavy atom. The van der Waals surface area contributed by atoms with E-state index in [1.165, 1.54) is 0 Å². The Kier molecular flexibility index (Phi) is 5.72. The molecule has 1 aromatic heterocycles. The topological polar surface area (TPSA) is 24.9 Å². The predicted octanol–water partition coefficient (Wildman–Crippen LogP) is 4.75. The Labute approximate surface area is 110 Å². The highest BCUT2D eigenvalue weighted by Crippen LogP contribution is 2.31. The molecule has 1 rings (SSSR count). The molecule has 1 N–H and O–H groups in total. The Hall–Kier alpha value is -0.970. The average Bonchev–Trinajstić information content (AvgIpc) is 2.27. The first-order valence-corrected chi connectivity index (χ1v) is 6.30. The molecule has 0 atom stereocenters. The summed E-state index contributed by atoms with van der Waals surface area (Å²) in [5.41, 5.74) is -0.779. The second-order valence-electron chi connectivity index (χ2n) is 4.05. The quantitative estimate of drug-likeness (QED) is 0.601. The van der Waals surface area contributed by atoms with Gasteiger partial charge in [-0.15, -0.1) is 0 Å². The number of halogens is 4. The lowest BCUT2D eigenvalue weighted by atomic mass is 10.2. The molecule has 0 aliphatic carbocycles. The summed E-state index contributed by atoms with van der Waals surface area (Å²) >= 11 is 5.57. The van der Waals surface area contributed by atoms with Gasteiger partial charge >= 0.3 is 6.18 Å². The van der Waals surface area contributed by atoms with Gasteiger partial charge in [0.05, 0.1) is 5.56 Å². The monoisotopic (exact) mass is 280 g/mol. The van der Waals surface area contributed by atoms with Gasteiger partial charge < -0.3 is 5.32 Å². The number of hydrogen-bond acceptors (Lipinski definition) is 2. The van der Waals surface area contributed by atoms with Crippen LogP contribution < -0.4 is 5.32 Å². The van der Waals surface area contributed by atoms with Crippen LogP contribution in [0.5, 0.6) is 0 Å². The molecule has 18 heavy (non-hydrogen) atoms. The lowest BCUT2D eigenvalue weighted by Gasteiger charge is -2.10. The van der Waals surface area contributed by atoms with Crippen LogP contribution in [0.4, 0.5) is 19.0 Å². The molecule has 0 saturated carbocycles. The van der Waals surface area contributed by atoms with Crippen LogP contribution in [0.2, 0.25) is 5.15 Å². The van der Waals surface area contributed by atoms with Gasteiger partial charge in [0.1, 0.15) is 11.0 Å². The number of nitrogens with one attached hydrogen (secondary N) is 1. The summed E-state index contributed by atoms with van der Waals surface area (Å²) in [5.74, 6) is 0.173. The summed E-state index contributed by atoms with van der Waals surface area (Å²) < 4.78 is 37.6. The van der Waals surface area contributed by atoms with Crippen molar-refractivity contribution in [3.05, 3.63) is 22.8 Å². The molecule has 0 bridgehead atoms. The van der Waals surface area contributed by atoms with E-state index in [-0.39, 0.29) is 11.0 Å². The van der Waals surface area contributed by atoms with Crippen LogP contribution in [0.1, 0.15) is 38.2 Å². The summed E-state index contributed by atoms with van der Waals surface area (Å²) in [6.45, 7) is 2.70. The normalized spacial score (nSPS) is 11.6. The molecule has 0 saturated heterocycles. The maximum Gasteiger partial charge on any atom is 0.416 e. The highest BCUT2D eigenvalue weighted by molar-refractivity contribution is 6.29. The van der Waals surface area contributed by atoms with Crippen molar-refractivity contribution >= 4 is 17.4 Å². The molecule has 2 nitrogen and oxygen atoms in total. The molecule has 0 spiro atoms. The van der Waals surface area contributed by atoms with Crippen molar-refractivity contribution < 1.29 is 13.2 Å². The molecule has 1 aromatic rings. The highest BCUT2D eigenvalue weighted by atomic mass is 35.5. The first kappa shape index (κ1) is 15.1. The molecule has 6 heteroatoms. The molecule has 102 valence electrons. The van der Waals surface area contributed by atoms with E-state index in [9.17, 15) is 13.2 Å². The zero-order chi connectivity index (χ0) is 13.6. The van der Waals surface area contributed by atoms with Gasteiger partial charge in [-0.05, 0) is 18.6 Å². The van der Waals surface area contributed by atoms with Crippen LogP contribution in [0.3, 0.4) is 0 Å². The van der Waals surface area contributed by atoms with Crippen molar-refractivity contribution in [2.75, 3.05) is 11.9 Å². The van der Waals surface area contributed by atoms with E-state index in [1.807, 2.05) is 0 Å². The van der Waals surface area contributed by atoms with Gasteiger partial charge in [0.2, 0.25) is 0 Å². The van der Waals surface area contributed by atoms with Crippen molar-refractivity contribution in [1.29, 1.82) is 0 Å². The summed E-state index contributed by atoms with van der Waals surface area (Å²) in [7, 11) is 0. The SMILES string of the molecule is CCCCCCNc1cc(C(F)(F)F)cc(Cl)n1. The largest absolute Gasteiger partial charge is 0.416 e. The maximum atomic E-state index is 12.5. The first-order valence-electron chi connectivity index (χ1n) is 5.92. The smallest absolute Gasteiger partial charge is 0.370 e. The molecule has 0 aromatic carbocycles. The van der Waals surface area contributed by atoms with E-state index in [0.717, 1.165) is 37.8 Å². The highest BCUT2D eigenvalue weighted by Gasteiger charge is 2.31. The van der Waals surface area contributed by atoms with Gasteiger partial charge in [0.15, 0.2) is 0 Å². The fourth-order valence-corrected chi connectivity index (χ4v) is 1.73. The van der Waals surface area contributed by atoms with Gasteiger partial charge in [-0.2, -0.15) is 13.2 Å². The second-order valence-corrected chi connectivity index (χ2v) is 4.44. The maximum absolute atomic E-state index is 12.5. The van der Waals surface area contributed by atoms with Crippen LogP contribution in [0.15, 0.2) is 12.1 Å². The van der Waals surface area contributed by atoms with E-state index < -0.39 is 11.7 Å². The lowest BCUT2D eigenvalue weighted by molar-refractivity contribution is -0.137. The van der Waals surface area contributed by atoms with Gasteiger partial charge in [-0.25, -0.2) is 4.98 Å². The van der Waals surface area contributed by atoms with Crippen LogP contribution in [-0.2, 0) is 6.18 Å². The minimum Gasteiger partial charge on any atom is -0.370 e. The molecule has 0 radical (unpaired) electrons. The number of alkyl halides is 3. The third kappa shape index (κ3) is 5.12. The van der Waals surface area contributed by atoms with E-state index in [4.69, 9.17) is 11.6 Å². The fraction of sp³-hybridized carbons (Fsp3) is 0.583. The van der Waals surface area contributed by atoms with Gasteiger partial charge in [-0.3, -0.25) is 0 Å². The first-order chi connectivity index (χ1) is 8.43. The fourth-order valence-electron chi connectivity index (χ4n) is 1.52. The summed E-state index contributed by atoms with van der Waals surface area (Å²) in [6.07, 6.45) is -0.198. The lowest BCUT2D eigenvalue weighted by Crippen LogP contribution is -2.09. The number of rotatable bonds is 6. The molecule has 0 aliphatic rings. The van der Waals surface area contributed by atoms with Crippen molar-refractivity contribution in [2.45, 2.75) is 38.8 Å². The number of anilines is 1. The van der Waals surface area contributed by atoms with E-state index in [1.54, 1.807) is 0 Å². The van der Waals surface area contributed by atoms with Crippen molar-refractivity contribution in [3.8, 4) is 0 Å². The second kappa shape index (κ2) is 6.83. The average molecular weight is 281 g/mol. The molecule has 0 aliphatic heterocycles. The van der Waals surface area contributed by atoms with Crippen molar-refractivity contribution in [1.82, 2.24) is 4.98 Å². The number of pyridine rings is 1. The van der Waals surface area contributed by atoms with Crippen LogP contribution >= 0.6 is 11.6 Å². The van der Waals surface area contributed by atoms with Crippen molar-refractivity contribution in [3.63, 3.8) is 0 Å². The van der Waals surface area contributed by atoms with Crippen molar-refractivity contribution in [2.24, 2.45) is 0 Å². The standard InChI is InChI=1S/C12H16ClF3N2/c1-2-3-4-5-6-17-11-8-9(12(14,15)16)7-10(13)18-11/h7-8H,2-6H2,1H3,(H,17,18). The Morgan fingerprint density at radius 3 is 2.56 bits per heavy atom. The zero-order valence-electron chi connectivity index (χ0n) is 10.1. The molecule has 0 amide bonds. The van der Waals surface area contributed by atoms with Gasteiger partial charge in [0.25, 0.3) is 0 Å². The summed E-state index contributed by atoms with van der Waals surface area (Å²) in [4.78, 5) is 3.82. The van der Waals surface area contributed by atoms with E-state index in [2.05, 4.69) is 17.2 Å². The number of hydrogen-bond donors (Lipinski definition) is 1. The number of unbranched alkanes of at least 4 members (excludes halogenated alkanes) is 3. The third-order valence-corrected chi connectivity index (χ3v) is 2.65. The minimum atomic E-state index is -4.40. The van der Waals surface area contributed by atoms with Gasteiger partial charge in [0, 0.05) is 6.54 Å². The molecule has 0 fully saturated rings. The molecule has 0 unspecified atom stereocenters. The number of nitrogens with zero attached hydrogens (tertiary/aromatic N) is 1. The Balaban J connectivity index is 2.58. The van der Waals surface area contributed by atoms with Crippen LogP contribution in [0, 0.1) is 0 Å². The Morgan fingerprint density at radius 1 is 1.22 bits per heavy atom. The summed E-state index contributed by atoms with van der Waals surface area (Å²) in [6, 6.07) is 1.80.